The average molecular weight is 522 g/mol. The van der Waals surface area contributed by atoms with E-state index < -0.39 is 15.9 Å². The van der Waals surface area contributed by atoms with Crippen molar-refractivity contribution in [2.45, 2.75) is 18.7 Å². The van der Waals surface area contributed by atoms with Crippen LogP contribution in [0.15, 0.2) is 77.7 Å². The summed E-state index contributed by atoms with van der Waals surface area (Å²) in [6, 6.07) is 21.0. The van der Waals surface area contributed by atoms with Crippen LogP contribution in [0.5, 0.6) is 5.75 Å². The van der Waals surface area contributed by atoms with Crippen LogP contribution in [0.1, 0.15) is 11.4 Å². The Labute approximate surface area is 214 Å². The van der Waals surface area contributed by atoms with Crippen LogP contribution in [0.4, 0.5) is 11.6 Å². The van der Waals surface area contributed by atoms with Crippen LogP contribution < -0.4 is 20.1 Å². The molecule has 1 heterocycles. The van der Waals surface area contributed by atoms with Crippen LogP contribution in [0.25, 0.3) is 10.8 Å². The largest absolute Gasteiger partial charge is 0.484 e. The summed E-state index contributed by atoms with van der Waals surface area (Å²) in [5.41, 5.74) is 1.80. The zero-order valence-corrected chi connectivity index (χ0v) is 21.1. The number of nitrogens with zero attached hydrogens (tertiary/aromatic N) is 2. The van der Waals surface area contributed by atoms with Crippen molar-refractivity contribution in [3.8, 4) is 5.75 Å². The first-order valence-electron chi connectivity index (χ1n) is 10.9. The molecular weight excluding hydrogens is 498 g/mol. The summed E-state index contributed by atoms with van der Waals surface area (Å²) >= 11 is 5.18. The van der Waals surface area contributed by atoms with E-state index in [1.807, 2.05) is 36.4 Å². The first-order chi connectivity index (χ1) is 17.2. The predicted octanol–water partition coefficient (Wildman–Crippen LogP) is 3.94. The Morgan fingerprint density at radius 1 is 0.917 bits per heavy atom. The number of sulfonamides is 1. The van der Waals surface area contributed by atoms with Crippen LogP contribution in [0.3, 0.4) is 0 Å². The summed E-state index contributed by atoms with van der Waals surface area (Å²) < 4.78 is 33.2. The first-order valence-corrected chi connectivity index (χ1v) is 12.7. The van der Waals surface area contributed by atoms with Gasteiger partial charge in [-0.1, -0.05) is 30.3 Å². The Morgan fingerprint density at radius 3 is 2.28 bits per heavy atom. The Hall–Kier alpha value is -4.09. The number of aryl methyl sites for hydroxylation is 2. The van der Waals surface area contributed by atoms with Gasteiger partial charge in [-0.3, -0.25) is 10.1 Å². The minimum atomic E-state index is -3.88. The fraction of sp³-hybridized carbons (Fsp3) is 0.120. The SMILES string of the molecule is Cc1cc(C)nc(NS(=O)(=O)c2ccc(NC(=S)NC(=O)COc3ccc4ccccc4c3)cc2)n1. The van der Waals surface area contributed by atoms with E-state index in [0.29, 0.717) is 22.8 Å². The lowest BCUT2D eigenvalue weighted by Crippen LogP contribution is -2.37. The number of carbonyl (C=O) groups is 1. The third-order valence-electron chi connectivity index (χ3n) is 4.97. The van der Waals surface area contributed by atoms with Gasteiger partial charge in [-0.15, -0.1) is 0 Å². The monoisotopic (exact) mass is 521 g/mol. The van der Waals surface area contributed by atoms with Crippen molar-refractivity contribution in [2.24, 2.45) is 0 Å². The van der Waals surface area contributed by atoms with Crippen molar-refractivity contribution in [3.05, 3.63) is 84.2 Å². The molecule has 0 aliphatic heterocycles. The molecule has 11 heteroatoms. The van der Waals surface area contributed by atoms with Gasteiger partial charge in [0.15, 0.2) is 11.7 Å². The summed E-state index contributed by atoms with van der Waals surface area (Å²) in [4.78, 5) is 20.4. The number of aromatic nitrogens is 2. The van der Waals surface area contributed by atoms with Gasteiger partial charge in [-0.25, -0.2) is 23.1 Å². The molecule has 4 aromatic rings. The normalized spacial score (nSPS) is 11.1. The molecule has 0 unspecified atom stereocenters. The molecule has 0 aliphatic rings. The van der Waals surface area contributed by atoms with E-state index in [1.54, 1.807) is 26.0 Å². The highest BCUT2D eigenvalue weighted by molar-refractivity contribution is 7.92. The van der Waals surface area contributed by atoms with Gasteiger partial charge in [0.1, 0.15) is 5.75 Å². The lowest BCUT2D eigenvalue weighted by molar-refractivity contribution is -0.121. The molecular formula is C25H23N5O4S2. The number of hydrogen-bond donors (Lipinski definition) is 3. The third kappa shape index (κ3) is 6.52. The number of benzene rings is 3. The van der Waals surface area contributed by atoms with Gasteiger partial charge in [0.05, 0.1) is 4.90 Å². The number of thiocarbonyl (C=S) groups is 1. The van der Waals surface area contributed by atoms with Crippen molar-refractivity contribution in [3.63, 3.8) is 0 Å². The average Bonchev–Trinajstić information content (AvgIpc) is 2.82. The van der Waals surface area contributed by atoms with E-state index >= 15 is 0 Å². The van der Waals surface area contributed by atoms with Gasteiger partial charge in [-0.05, 0) is 79.3 Å². The minimum absolute atomic E-state index is 0.00417. The summed E-state index contributed by atoms with van der Waals surface area (Å²) in [6.45, 7) is 3.29. The number of nitrogens with one attached hydrogen (secondary N) is 3. The third-order valence-corrected chi connectivity index (χ3v) is 6.52. The molecule has 4 rings (SSSR count). The molecule has 0 bridgehead atoms. The lowest BCUT2D eigenvalue weighted by Gasteiger charge is -2.12. The molecule has 0 saturated carbocycles. The van der Waals surface area contributed by atoms with E-state index in [1.165, 1.54) is 24.3 Å². The topological polar surface area (TPSA) is 122 Å². The zero-order valence-electron chi connectivity index (χ0n) is 19.5. The van der Waals surface area contributed by atoms with Gasteiger partial charge < -0.3 is 10.1 Å². The fourth-order valence-electron chi connectivity index (χ4n) is 3.40. The highest BCUT2D eigenvalue weighted by Gasteiger charge is 2.16. The van der Waals surface area contributed by atoms with Crippen molar-refractivity contribution in [1.29, 1.82) is 0 Å². The fourth-order valence-corrected chi connectivity index (χ4v) is 4.57. The van der Waals surface area contributed by atoms with Gasteiger partial charge >= 0.3 is 0 Å². The molecule has 3 N–H and O–H groups in total. The van der Waals surface area contributed by atoms with Gasteiger partial charge in [0.25, 0.3) is 15.9 Å². The van der Waals surface area contributed by atoms with Crippen molar-refractivity contribution in [2.75, 3.05) is 16.6 Å². The van der Waals surface area contributed by atoms with E-state index in [-0.39, 0.29) is 22.6 Å². The molecule has 0 aliphatic carbocycles. The molecule has 0 atom stereocenters. The molecule has 1 amide bonds. The highest BCUT2D eigenvalue weighted by atomic mass is 32.2. The maximum absolute atomic E-state index is 12.7. The molecule has 0 saturated heterocycles. The van der Waals surface area contributed by atoms with E-state index in [4.69, 9.17) is 17.0 Å². The molecule has 0 fully saturated rings. The lowest BCUT2D eigenvalue weighted by atomic mass is 10.1. The standard InChI is InChI=1S/C25H23N5O4S2/c1-16-13-17(2)27-24(26-16)30-36(32,33)22-11-8-20(9-12-22)28-25(35)29-23(31)15-34-21-10-7-18-5-3-4-6-19(18)14-21/h3-14H,15H2,1-2H3,(H,26,27,30)(H2,28,29,31,35). The summed E-state index contributed by atoms with van der Waals surface area (Å²) in [7, 11) is -3.88. The molecule has 0 spiro atoms. The zero-order chi connectivity index (χ0) is 25.7. The molecule has 3 aromatic carbocycles. The highest BCUT2D eigenvalue weighted by Crippen LogP contribution is 2.20. The maximum Gasteiger partial charge on any atom is 0.264 e. The Balaban J connectivity index is 1.30. The number of rotatable bonds is 7. The summed E-state index contributed by atoms with van der Waals surface area (Å²) in [5.74, 6) is 0.140. The molecule has 9 nitrogen and oxygen atoms in total. The molecule has 36 heavy (non-hydrogen) atoms. The number of ether oxygens (including phenoxy) is 1. The second-order valence-corrected chi connectivity index (χ2v) is 9.99. The van der Waals surface area contributed by atoms with E-state index in [0.717, 1.165) is 10.8 Å². The maximum atomic E-state index is 12.7. The second-order valence-electron chi connectivity index (χ2n) is 7.90. The number of amides is 1. The minimum Gasteiger partial charge on any atom is -0.484 e. The Bertz CT molecular complexity index is 1520. The van der Waals surface area contributed by atoms with E-state index in [9.17, 15) is 13.2 Å². The number of hydrogen-bond acceptors (Lipinski definition) is 7. The Kier molecular flexibility index (Phi) is 7.41. The molecule has 1 aromatic heterocycles. The van der Waals surface area contributed by atoms with E-state index in [2.05, 4.69) is 25.3 Å². The van der Waals surface area contributed by atoms with Gasteiger partial charge in [0, 0.05) is 17.1 Å². The summed E-state index contributed by atoms with van der Waals surface area (Å²) in [6.07, 6.45) is 0. The van der Waals surface area contributed by atoms with Crippen molar-refractivity contribution >= 4 is 55.7 Å². The summed E-state index contributed by atoms with van der Waals surface area (Å²) in [5, 5.41) is 7.52. The number of anilines is 2. The first kappa shape index (κ1) is 25.0. The second kappa shape index (κ2) is 10.7. The van der Waals surface area contributed by atoms with Gasteiger partial charge in [-0.2, -0.15) is 0 Å². The quantitative estimate of drug-likeness (QED) is 0.313. The number of carbonyl (C=O) groups excluding carboxylic acids is 1. The van der Waals surface area contributed by atoms with Crippen LogP contribution in [0, 0.1) is 13.8 Å². The molecule has 0 radical (unpaired) electrons. The predicted molar refractivity (Wildman–Crippen MR) is 143 cm³/mol. The van der Waals surface area contributed by atoms with Crippen molar-refractivity contribution < 1.29 is 17.9 Å². The molecule has 184 valence electrons. The smallest absolute Gasteiger partial charge is 0.264 e. The Morgan fingerprint density at radius 2 is 1.58 bits per heavy atom. The van der Waals surface area contributed by atoms with Crippen molar-refractivity contribution in [1.82, 2.24) is 15.3 Å². The number of fused-ring (bicyclic) bond motifs is 1. The van der Waals surface area contributed by atoms with Crippen LogP contribution >= 0.6 is 12.2 Å². The van der Waals surface area contributed by atoms with Crippen LogP contribution in [0.2, 0.25) is 0 Å². The van der Waals surface area contributed by atoms with Crippen LogP contribution in [-0.4, -0.2) is 36.0 Å². The van der Waals surface area contributed by atoms with Crippen LogP contribution in [-0.2, 0) is 14.8 Å². The van der Waals surface area contributed by atoms with Gasteiger partial charge in [0.2, 0.25) is 5.95 Å².